The average molecular weight is 296 g/mol. The maximum absolute atomic E-state index is 11.9. The average Bonchev–Trinajstić information content (AvgIpc) is 2.41. The number of thioether (sulfide) groups is 1. The molecule has 20 heavy (non-hydrogen) atoms. The summed E-state index contributed by atoms with van der Waals surface area (Å²) >= 11 is 1.84. The largest absolute Gasteiger partial charge is 0.395 e. The molecule has 1 rings (SSSR count). The minimum Gasteiger partial charge on any atom is -0.395 e. The van der Waals surface area contributed by atoms with E-state index in [1.54, 1.807) is 7.05 Å². The summed E-state index contributed by atoms with van der Waals surface area (Å²) in [5, 5.41) is 12.3. The van der Waals surface area contributed by atoms with Gasteiger partial charge in [-0.05, 0) is 37.1 Å². The van der Waals surface area contributed by atoms with Crippen LogP contribution in [0, 0.1) is 6.92 Å². The Bertz CT molecular complexity index is 451. The summed E-state index contributed by atoms with van der Waals surface area (Å²) < 4.78 is 0. The van der Waals surface area contributed by atoms with E-state index in [4.69, 9.17) is 5.11 Å². The highest BCUT2D eigenvalue weighted by Gasteiger charge is 2.10. The first-order valence-electron chi connectivity index (χ1n) is 6.88. The molecule has 0 spiro atoms. The van der Waals surface area contributed by atoms with Crippen LogP contribution < -0.4 is 5.32 Å². The van der Waals surface area contributed by atoms with Gasteiger partial charge >= 0.3 is 6.03 Å². The molecule has 1 aromatic carbocycles. The molecule has 0 aliphatic rings. The van der Waals surface area contributed by atoms with Crippen molar-refractivity contribution in [3.05, 3.63) is 23.8 Å². The van der Waals surface area contributed by atoms with Crippen LogP contribution >= 0.6 is 11.8 Å². The minimum absolute atomic E-state index is 0.0343. The number of likely N-dealkylation sites (N-methyl/N-ethyl adjacent to an activating group) is 1. The Morgan fingerprint density at radius 3 is 2.75 bits per heavy atom. The van der Waals surface area contributed by atoms with Gasteiger partial charge in [-0.25, -0.2) is 4.79 Å². The normalized spacial score (nSPS) is 12.1. The molecule has 0 fully saturated rings. The van der Waals surface area contributed by atoms with E-state index in [9.17, 15) is 4.79 Å². The van der Waals surface area contributed by atoms with Crippen LogP contribution in [0.1, 0.15) is 25.8 Å². The molecule has 0 bridgehead atoms. The van der Waals surface area contributed by atoms with Crippen LogP contribution in [-0.4, -0.2) is 41.5 Å². The minimum atomic E-state index is -0.204. The first-order valence-corrected chi connectivity index (χ1v) is 7.76. The SMILES string of the molecule is CCC(C)Sc1ccc(NC(=O)N(C)CCO)c(C)c1. The molecule has 0 aromatic heterocycles. The van der Waals surface area contributed by atoms with Gasteiger partial charge in [-0.3, -0.25) is 0 Å². The van der Waals surface area contributed by atoms with Crippen molar-refractivity contribution in [3.8, 4) is 0 Å². The van der Waals surface area contributed by atoms with Gasteiger partial charge in [-0.1, -0.05) is 13.8 Å². The number of aliphatic hydroxyl groups excluding tert-OH is 1. The Kier molecular flexibility index (Phi) is 6.88. The van der Waals surface area contributed by atoms with Crippen LogP contribution in [0.2, 0.25) is 0 Å². The molecule has 0 saturated carbocycles. The van der Waals surface area contributed by atoms with Crippen molar-refractivity contribution in [2.24, 2.45) is 0 Å². The number of nitrogens with zero attached hydrogens (tertiary/aromatic N) is 1. The van der Waals surface area contributed by atoms with Crippen molar-refractivity contribution in [2.45, 2.75) is 37.3 Å². The molecule has 4 nitrogen and oxygen atoms in total. The van der Waals surface area contributed by atoms with Gasteiger partial charge in [-0.2, -0.15) is 0 Å². The van der Waals surface area contributed by atoms with Crippen LogP contribution in [0.3, 0.4) is 0 Å². The molecule has 0 aliphatic heterocycles. The van der Waals surface area contributed by atoms with E-state index in [0.29, 0.717) is 11.8 Å². The van der Waals surface area contributed by atoms with Crippen LogP contribution in [0.25, 0.3) is 0 Å². The highest BCUT2D eigenvalue weighted by molar-refractivity contribution is 7.99. The zero-order valence-electron chi connectivity index (χ0n) is 12.6. The fourth-order valence-corrected chi connectivity index (χ4v) is 2.65. The molecule has 2 N–H and O–H groups in total. The van der Waals surface area contributed by atoms with Crippen LogP contribution in [0.5, 0.6) is 0 Å². The van der Waals surface area contributed by atoms with E-state index in [1.807, 2.05) is 30.8 Å². The standard InChI is InChI=1S/C15H24N2O2S/c1-5-12(3)20-13-6-7-14(11(2)10-13)16-15(19)17(4)8-9-18/h6-7,10,12,18H,5,8-9H2,1-4H3,(H,16,19). The fraction of sp³-hybridized carbons (Fsp3) is 0.533. The van der Waals surface area contributed by atoms with Crippen molar-refractivity contribution in [1.29, 1.82) is 0 Å². The maximum Gasteiger partial charge on any atom is 0.321 e. The fourth-order valence-electron chi connectivity index (χ4n) is 1.63. The van der Waals surface area contributed by atoms with Gasteiger partial charge in [0.15, 0.2) is 0 Å². The molecule has 0 radical (unpaired) electrons. The number of urea groups is 1. The van der Waals surface area contributed by atoms with Crippen molar-refractivity contribution >= 4 is 23.5 Å². The molecule has 0 aliphatic carbocycles. The van der Waals surface area contributed by atoms with Crippen LogP contribution in [0.4, 0.5) is 10.5 Å². The van der Waals surface area contributed by atoms with E-state index in [-0.39, 0.29) is 12.6 Å². The van der Waals surface area contributed by atoms with Gasteiger partial charge in [-0.15, -0.1) is 11.8 Å². The number of carbonyl (C=O) groups excluding carboxylic acids is 1. The number of aryl methyl sites for hydroxylation is 1. The van der Waals surface area contributed by atoms with E-state index >= 15 is 0 Å². The van der Waals surface area contributed by atoms with Crippen molar-refractivity contribution in [1.82, 2.24) is 4.90 Å². The van der Waals surface area contributed by atoms with E-state index in [0.717, 1.165) is 17.7 Å². The van der Waals surface area contributed by atoms with Gasteiger partial charge in [0.05, 0.1) is 6.61 Å². The lowest BCUT2D eigenvalue weighted by Gasteiger charge is -2.18. The molecule has 1 aromatic rings. The lowest BCUT2D eigenvalue weighted by Crippen LogP contribution is -2.33. The van der Waals surface area contributed by atoms with Crippen molar-refractivity contribution < 1.29 is 9.90 Å². The Hall–Kier alpha value is -1.20. The summed E-state index contributed by atoms with van der Waals surface area (Å²) in [6, 6.07) is 5.86. The van der Waals surface area contributed by atoms with Gasteiger partial charge in [0, 0.05) is 29.4 Å². The number of aliphatic hydroxyl groups is 1. The second-order valence-electron chi connectivity index (χ2n) is 4.89. The molecule has 0 saturated heterocycles. The third kappa shape index (κ3) is 5.06. The molecule has 1 unspecified atom stereocenters. The van der Waals surface area contributed by atoms with E-state index < -0.39 is 0 Å². The first-order chi connectivity index (χ1) is 9.47. The number of anilines is 1. The molecule has 5 heteroatoms. The topological polar surface area (TPSA) is 52.6 Å². The summed E-state index contributed by atoms with van der Waals surface area (Å²) in [5.41, 5.74) is 1.86. The highest BCUT2D eigenvalue weighted by atomic mass is 32.2. The zero-order chi connectivity index (χ0) is 15.1. The summed E-state index contributed by atoms with van der Waals surface area (Å²) in [6.45, 7) is 6.66. The second kappa shape index (κ2) is 8.17. The Labute approximate surface area is 125 Å². The van der Waals surface area contributed by atoms with Crippen molar-refractivity contribution in [3.63, 3.8) is 0 Å². The van der Waals surface area contributed by atoms with E-state index in [1.165, 1.54) is 9.80 Å². The summed E-state index contributed by atoms with van der Waals surface area (Å²) in [7, 11) is 1.66. The molecular weight excluding hydrogens is 272 g/mol. The lowest BCUT2D eigenvalue weighted by atomic mass is 10.2. The van der Waals surface area contributed by atoms with Crippen molar-refractivity contribution in [2.75, 3.05) is 25.5 Å². The van der Waals surface area contributed by atoms with Gasteiger partial charge in [0.25, 0.3) is 0 Å². The van der Waals surface area contributed by atoms with Gasteiger partial charge < -0.3 is 15.3 Å². The molecular formula is C15H24N2O2S. The summed E-state index contributed by atoms with van der Waals surface area (Å²) in [5.74, 6) is 0. The highest BCUT2D eigenvalue weighted by Crippen LogP contribution is 2.28. The predicted octanol–water partition coefficient (Wildman–Crippen LogP) is 3.34. The second-order valence-corrected chi connectivity index (χ2v) is 6.40. The van der Waals surface area contributed by atoms with Crippen LogP contribution in [-0.2, 0) is 0 Å². The number of hydrogen-bond acceptors (Lipinski definition) is 3. The number of hydrogen-bond donors (Lipinski definition) is 2. The molecule has 2 amide bonds. The lowest BCUT2D eigenvalue weighted by molar-refractivity contribution is 0.202. The summed E-state index contributed by atoms with van der Waals surface area (Å²) in [6.07, 6.45) is 1.13. The zero-order valence-corrected chi connectivity index (χ0v) is 13.5. The Morgan fingerprint density at radius 1 is 1.50 bits per heavy atom. The van der Waals surface area contributed by atoms with Gasteiger partial charge in [0.1, 0.15) is 0 Å². The quantitative estimate of drug-likeness (QED) is 0.792. The smallest absolute Gasteiger partial charge is 0.321 e. The first kappa shape index (κ1) is 16.9. The number of carbonyl (C=O) groups is 1. The van der Waals surface area contributed by atoms with E-state index in [2.05, 4.69) is 25.2 Å². The summed E-state index contributed by atoms with van der Waals surface area (Å²) in [4.78, 5) is 14.5. The number of nitrogens with one attached hydrogen (secondary N) is 1. The number of benzene rings is 1. The Morgan fingerprint density at radius 2 is 2.20 bits per heavy atom. The molecule has 0 heterocycles. The maximum atomic E-state index is 11.9. The monoisotopic (exact) mass is 296 g/mol. The molecule has 1 atom stereocenters. The molecule has 112 valence electrons. The number of amides is 2. The van der Waals surface area contributed by atoms with Gasteiger partial charge in [0.2, 0.25) is 0 Å². The number of rotatable bonds is 6. The predicted molar refractivity (Wildman–Crippen MR) is 85.5 cm³/mol. The Balaban J connectivity index is 2.71. The van der Waals surface area contributed by atoms with Crippen LogP contribution in [0.15, 0.2) is 23.1 Å². The third-order valence-corrected chi connectivity index (χ3v) is 4.40. The third-order valence-electron chi connectivity index (χ3n) is 3.13.